The maximum Gasteiger partial charge on any atom is 0.239 e. The molecule has 8 heteroatoms. The van der Waals surface area contributed by atoms with Crippen molar-refractivity contribution in [2.45, 2.75) is 70.8 Å². The van der Waals surface area contributed by atoms with Crippen LogP contribution in [-0.4, -0.2) is 51.4 Å². The number of likely N-dealkylation sites (tertiary alicyclic amines) is 1. The van der Waals surface area contributed by atoms with Crippen molar-refractivity contribution in [3.63, 3.8) is 0 Å². The molecule has 0 bridgehead atoms. The predicted molar refractivity (Wildman–Crippen MR) is 120 cm³/mol. The number of amides is 1. The van der Waals surface area contributed by atoms with Gasteiger partial charge in [-0.1, -0.05) is 19.8 Å². The molecule has 162 valence electrons. The Balaban J connectivity index is 1.43. The molecule has 0 aromatic carbocycles. The number of piperidine rings is 2. The standard InChI is InChI=1S/C22H32N6OS/c1-3-6-17-13-19(27-22-24-14-15(2)30-22)26-20(25-17)16-8-11-28(12-9-16)21(29)18-7-4-5-10-23-18/h13-14,16,18,23H,3-12H2,1-2H3,(H,24,25,26,27). The van der Waals surface area contributed by atoms with Crippen LogP contribution >= 0.6 is 11.3 Å². The lowest BCUT2D eigenvalue weighted by molar-refractivity contribution is -0.135. The molecule has 1 unspecified atom stereocenters. The summed E-state index contributed by atoms with van der Waals surface area (Å²) in [5, 5.41) is 7.60. The fraction of sp³-hybridized carbons (Fsp3) is 0.636. The number of aryl methyl sites for hydroxylation is 2. The summed E-state index contributed by atoms with van der Waals surface area (Å²) < 4.78 is 0. The summed E-state index contributed by atoms with van der Waals surface area (Å²) in [5.74, 6) is 2.29. The third kappa shape index (κ3) is 5.16. The fourth-order valence-electron chi connectivity index (χ4n) is 4.31. The molecule has 0 spiro atoms. The van der Waals surface area contributed by atoms with E-state index >= 15 is 0 Å². The van der Waals surface area contributed by atoms with E-state index in [0.717, 1.165) is 80.6 Å². The first-order valence-electron chi connectivity index (χ1n) is 11.2. The Kier molecular flexibility index (Phi) is 6.94. The van der Waals surface area contributed by atoms with E-state index in [9.17, 15) is 4.79 Å². The lowest BCUT2D eigenvalue weighted by Crippen LogP contribution is -2.50. The van der Waals surface area contributed by atoms with Gasteiger partial charge in [0.1, 0.15) is 11.6 Å². The van der Waals surface area contributed by atoms with Gasteiger partial charge in [0, 0.05) is 41.8 Å². The normalized spacial score (nSPS) is 20.3. The van der Waals surface area contributed by atoms with Gasteiger partial charge in [0.25, 0.3) is 0 Å². The molecule has 2 saturated heterocycles. The second-order valence-electron chi connectivity index (χ2n) is 8.36. The Morgan fingerprint density at radius 2 is 2.10 bits per heavy atom. The van der Waals surface area contributed by atoms with Crippen LogP contribution in [-0.2, 0) is 11.2 Å². The third-order valence-corrected chi connectivity index (χ3v) is 6.77. The zero-order chi connectivity index (χ0) is 20.9. The van der Waals surface area contributed by atoms with Gasteiger partial charge in [0.05, 0.1) is 6.04 Å². The van der Waals surface area contributed by atoms with Crippen molar-refractivity contribution in [3.8, 4) is 0 Å². The molecular weight excluding hydrogens is 396 g/mol. The SMILES string of the molecule is CCCc1cc(Nc2ncc(C)s2)nc(C2CCN(C(=O)C3CCCCN3)CC2)n1. The van der Waals surface area contributed by atoms with Gasteiger partial charge in [0.15, 0.2) is 5.13 Å². The molecule has 30 heavy (non-hydrogen) atoms. The molecule has 2 aromatic rings. The van der Waals surface area contributed by atoms with Crippen LogP contribution in [0.3, 0.4) is 0 Å². The average molecular weight is 429 g/mol. The first-order chi connectivity index (χ1) is 14.6. The lowest BCUT2D eigenvalue weighted by atomic mass is 9.94. The summed E-state index contributed by atoms with van der Waals surface area (Å²) in [5.41, 5.74) is 1.07. The van der Waals surface area contributed by atoms with Crippen LogP contribution in [0, 0.1) is 6.92 Å². The number of hydrogen-bond donors (Lipinski definition) is 2. The highest BCUT2D eigenvalue weighted by atomic mass is 32.1. The van der Waals surface area contributed by atoms with E-state index in [2.05, 4.69) is 29.5 Å². The Morgan fingerprint density at radius 1 is 1.27 bits per heavy atom. The highest BCUT2D eigenvalue weighted by molar-refractivity contribution is 7.15. The summed E-state index contributed by atoms with van der Waals surface area (Å²) in [4.78, 5) is 30.1. The van der Waals surface area contributed by atoms with Crippen LogP contribution in [0.2, 0.25) is 0 Å². The Labute approximate surface area is 182 Å². The van der Waals surface area contributed by atoms with Crippen LogP contribution in [0.4, 0.5) is 10.9 Å². The Bertz CT molecular complexity index is 855. The van der Waals surface area contributed by atoms with E-state index in [-0.39, 0.29) is 11.9 Å². The quantitative estimate of drug-likeness (QED) is 0.728. The van der Waals surface area contributed by atoms with Crippen molar-refractivity contribution in [3.05, 3.63) is 28.7 Å². The van der Waals surface area contributed by atoms with Crippen LogP contribution in [0.1, 0.15) is 67.8 Å². The van der Waals surface area contributed by atoms with E-state index in [1.807, 2.05) is 17.2 Å². The number of carbonyl (C=O) groups is 1. The average Bonchev–Trinajstić information content (AvgIpc) is 3.18. The molecule has 2 aliphatic heterocycles. The smallest absolute Gasteiger partial charge is 0.239 e. The van der Waals surface area contributed by atoms with Crippen molar-refractivity contribution in [1.29, 1.82) is 0 Å². The summed E-state index contributed by atoms with van der Waals surface area (Å²) >= 11 is 1.63. The Hall–Kier alpha value is -2.06. The molecule has 2 N–H and O–H groups in total. The van der Waals surface area contributed by atoms with Gasteiger partial charge in [-0.3, -0.25) is 4.79 Å². The van der Waals surface area contributed by atoms with Crippen molar-refractivity contribution >= 4 is 28.2 Å². The minimum absolute atomic E-state index is 0.0111. The highest BCUT2D eigenvalue weighted by Gasteiger charge is 2.30. The molecule has 0 aliphatic carbocycles. The molecule has 1 atom stereocenters. The maximum atomic E-state index is 12.8. The third-order valence-electron chi connectivity index (χ3n) is 5.94. The number of thiazole rings is 1. The first-order valence-corrected chi connectivity index (χ1v) is 12.0. The molecule has 4 rings (SSSR count). The number of rotatable bonds is 6. The van der Waals surface area contributed by atoms with Gasteiger partial charge in [0.2, 0.25) is 5.91 Å². The molecule has 7 nitrogen and oxygen atoms in total. The highest BCUT2D eigenvalue weighted by Crippen LogP contribution is 2.29. The van der Waals surface area contributed by atoms with Gasteiger partial charge in [-0.2, -0.15) is 0 Å². The van der Waals surface area contributed by atoms with Crippen molar-refractivity contribution < 1.29 is 4.79 Å². The monoisotopic (exact) mass is 428 g/mol. The van der Waals surface area contributed by atoms with Crippen LogP contribution in [0.5, 0.6) is 0 Å². The zero-order valence-electron chi connectivity index (χ0n) is 18.0. The minimum Gasteiger partial charge on any atom is -0.341 e. The number of nitrogens with zero attached hydrogens (tertiary/aromatic N) is 4. The largest absolute Gasteiger partial charge is 0.341 e. The summed E-state index contributed by atoms with van der Waals surface area (Å²) in [6.07, 6.45) is 8.98. The van der Waals surface area contributed by atoms with Gasteiger partial charge in [-0.05, 0) is 45.6 Å². The van der Waals surface area contributed by atoms with Crippen molar-refractivity contribution in [1.82, 2.24) is 25.2 Å². The van der Waals surface area contributed by atoms with E-state index < -0.39 is 0 Å². The topological polar surface area (TPSA) is 83.0 Å². The number of aromatic nitrogens is 3. The molecule has 1 amide bonds. The summed E-state index contributed by atoms with van der Waals surface area (Å²) in [6.45, 7) is 6.76. The zero-order valence-corrected chi connectivity index (χ0v) is 18.8. The van der Waals surface area contributed by atoms with Gasteiger partial charge in [-0.25, -0.2) is 15.0 Å². The second kappa shape index (κ2) is 9.83. The number of hydrogen-bond acceptors (Lipinski definition) is 7. The number of anilines is 2. The molecule has 0 radical (unpaired) electrons. The van der Waals surface area contributed by atoms with Crippen molar-refractivity contribution in [2.24, 2.45) is 0 Å². The molecule has 0 saturated carbocycles. The van der Waals surface area contributed by atoms with Gasteiger partial charge < -0.3 is 15.5 Å². The first kappa shape index (κ1) is 21.2. The lowest BCUT2D eigenvalue weighted by Gasteiger charge is -2.35. The predicted octanol–water partition coefficient (Wildman–Crippen LogP) is 3.79. The van der Waals surface area contributed by atoms with E-state index in [4.69, 9.17) is 9.97 Å². The Morgan fingerprint density at radius 3 is 2.77 bits per heavy atom. The molecule has 4 heterocycles. The van der Waals surface area contributed by atoms with Crippen LogP contribution in [0.25, 0.3) is 0 Å². The van der Waals surface area contributed by atoms with Gasteiger partial charge in [-0.15, -0.1) is 11.3 Å². The maximum absolute atomic E-state index is 12.8. The van der Waals surface area contributed by atoms with Crippen LogP contribution < -0.4 is 10.6 Å². The van der Waals surface area contributed by atoms with E-state index in [1.54, 1.807) is 11.3 Å². The molecule has 2 aromatic heterocycles. The molecule has 2 aliphatic rings. The fourth-order valence-corrected chi connectivity index (χ4v) is 4.98. The summed E-state index contributed by atoms with van der Waals surface area (Å²) in [6, 6.07) is 2.05. The number of carbonyl (C=O) groups excluding carboxylic acids is 1. The van der Waals surface area contributed by atoms with Gasteiger partial charge >= 0.3 is 0 Å². The van der Waals surface area contributed by atoms with Crippen molar-refractivity contribution in [2.75, 3.05) is 25.0 Å². The van der Waals surface area contributed by atoms with E-state index in [0.29, 0.717) is 5.92 Å². The van der Waals surface area contributed by atoms with Crippen LogP contribution in [0.15, 0.2) is 12.3 Å². The number of nitrogens with one attached hydrogen (secondary N) is 2. The second-order valence-corrected chi connectivity index (χ2v) is 9.59. The minimum atomic E-state index is 0.0111. The van der Waals surface area contributed by atoms with E-state index in [1.165, 1.54) is 11.3 Å². The summed E-state index contributed by atoms with van der Waals surface area (Å²) in [7, 11) is 0. The molecular formula is C22H32N6OS. The molecule has 2 fully saturated rings.